The summed E-state index contributed by atoms with van der Waals surface area (Å²) < 4.78 is 5.85. The molecule has 1 aromatic carbocycles. The fourth-order valence-corrected chi connectivity index (χ4v) is 1.85. The summed E-state index contributed by atoms with van der Waals surface area (Å²) in [6, 6.07) is 7.22. The molecule has 1 aromatic rings. The van der Waals surface area contributed by atoms with Crippen molar-refractivity contribution < 1.29 is 9.53 Å². The van der Waals surface area contributed by atoms with Crippen LogP contribution < -0.4 is 0 Å². The van der Waals surface area contributed by atoms with Gasteiger partial charge in [-0.05, 0) is 31.9 Å². The molecule has 0 radical (unpaired) electrons. The number of halogens is 2. The smallest absolute Gasteiger partial charge is 0.150 e. The van der Waals surface area contributed by atoms with E-state index >= 15 is 0 Å². The normalized spacial score (nSPS) is 9.36. The Morgan fingerprint density at radius 1 is 1.36 bits per heavy atom. The summed E-state index contributed by atoms with van der Waals surface area (Å²) in [6.07, 6.45) is 0.803. The van der Waals surface area contributed by atoms with Crippen LogP contribution in [0.25, 0.3) is 5.76 Å². The number of methoxy groups -OCH3 is 1. The van der Waals surface area contributed by atoms with Gasteiger partial charge in [-0.2, -0.15) is 0 Å². The molecule has 0 aliphatic rings. The number of aldehydes is 1. The maximum Gasteiger partial charge on any atom is 0.150 e. The first kappa shape index (κ1) is 11.5. The second-order valence-electron chi connectivity index (χ2n) is 2.50. The molecule has 1 rings (SSSR count). The lowest BCUT2D eigenvalue weighted by molar-refractivity contribution is 0.112. The first-order chi connectivity index (χ1) is 6.70. The molecule has 0 fully saturated rings. The van der Waals surface area contributed by atoms with Gasteiger partial charge in [0.15, 0.2) is 6.29 Å². The third-order valence-corrected chi connectivity index (χ3v) is 2.43. The minimum atomic E-state index is 0.598. The van der Waals surface area contributed by atoms with Crippen molar-refractivity contribution in [3.63, 3.8) is 0 Å². The van der Waals surface area contributed by atoms with Crippen LogP contribution in [0.3, 0.4) is 0 Å². The third-order valence-electron chi connectivity index (χ3n) is 1.71. The van der Waals surface area contributed by atoms with Crippen molar-refractivity contribution in [2.75, 3.05) is 7.11 Å². The Morgan fingerprint density at radius 2 is 2.00 bits per heavy atom. The lowest BCUT2D eigenvalue weighted by Gasteiger charge is -2.08. The topological polar surface area (TPSA) is 26.3 Å². The molecule has 2 nitrogen and oxygen atoms in total. The van der Waals surface area contributed by atoms with E-state index in [1.807, 2.05) is 18.2 Å². The lowest BCUT2D eigenvalue weighted by atomic mass is 10.1. The Labute approximate surface area is 99.2 Å². The minimum Gasteiger partial charge on any atom is -0.494 e. The molecule has 0 saturated heterocycles. The molecule has 0 aliphatic carbocycles. The van der Waals surface area contributed by atoms with Crippen molar-refractivity contribution in [3.8, 4) is 0 Å². The van der Waals surface area contributed by atoms with E-state index in [4.69, 9.17) is 4.74 Å². The molecule has 74 valence electrons. The van der Waals surface area contributed by atoms with Gasteiger partial charge in [0, 0.05) is 11.1 Å². The van der Waals surface area contributed by atoms with Crippen molar-refractivity contribution in [1.29, 1.82) is 0 Å². The number of carbonyl (C=O) groups is 1. The summed E-state index contributed by atoms with van der Waals surface area (Å²) in [4.78, 5) is 10.8. The van der Waals surface area contributed by atoms with Crippen LogP contribution in [0.2, 0.25) is 0 Å². The highest BCUT2D eigenvalue weighted by Crippen LogP contribution is 2.29. The molecule has 0 unspecified atom stereocenters. The summed E-state index contributed by atoms with van der Waals surface area (Å²) in [7, 11) is 1.55. The Balaban J connectivity index is 3.30. The summed E-state index contributed by atoms with van der Waals surface area (Å²) in [5.74, 6) is 0.604. The van der Waals surface area contributed by atoms with Crippen LogP contribution in [0.5, 0.6) is 0 Å². The van der Waals surface area contributed by atoms with E-state index in [0.717, 1.165) is 11.8 Å². The summed E-state index contributed by atoms with van der Waals surface area (Å²) in [5, 5.41) is 0. The molecule has 0 bridgehead atoms. The molecular weight excluding hydrogens is 312 g/mol. The van der Waals surface area contributed by atoms with Crippen molar-refractivity contribution in [2.24, 2.45) is 0 Å². The van der Waals surface area contributed by atoms with Gasteiger partial charge in [0.25, 0.3) is 0 Å². The van der Waals surface area contributed by atoms with Gasteiger partial charge in [-0.15, -0.1) is 0 Å². The first-order valence-electron chi connectivity index (χ1n) is 3.84. The van der Waals surface area contributed by atoms with E-state index < -0.39 is 0 Å². The highest BCUT2D eigenvalue weighted by molar-refractivity contribution is 9.28. The maximum absolute atomic E-state index is 10.8. The van der Waals surface area contributed by atoms with E-state index in [1.165, 1.54) is 0 Å². The Bertz CT molecular complexity index is 368. The van der Waals surface area contributed by atoms with Crippen molar-refractivity contribution >= 4 is 43.9 Å². The minimum absolute atomic E-state index is 0.598. The number of rotatable bonds is 3. The number of benzene rings is 1. The molecule has 0 saturated carbocycles. The van der Waals surface area contributed by atoms with E-state index in [-0.39, 0.29) is 0 Å². The van der Waals surface area contributed by atoms with Crippen LogP contribution in [-0.4, -0.2) is 13.4 Å². The van der Waals surface area contributed by atoms with Crippen LogP contribution in [0, 0.1) is 0 Å². The van der Waals surface area contributed by atoms with Crippen LogP contribution in [-0.2, 0) is 4.74 Å². The second-order valence-corrected chi connectivity index (χ2v) is 5.15. The molecule has 0 amide bonds. The highest BCUT2D eigenvalue weighted by Gasteiger charge is 2.09. The molecule has 14 heavy (non-hydrogen) atoms. The molecule has 0 heterocycles. The second kappa shape index (κ2) is 5.32. The summed E-state index contributed by atoms with van der Waals surface area (Å²) in [5.41, 5.74) is 1.36. The van der Waals surface area contributed by atoms with Crippen molar-refractivity contribution in [1.82, 2.24) is 0 Å². The zero-order valence-corrected chi connectivity index (χ0v) is 10.6. The standard InChI is InChI=1S/C10H8Br2O2/c1-14-9(10(11)12)8-5-3-2-4-7(8)6-13/h2-6H,1H3. The molecule has 0 N–H and O–H groups in total. The van der Waals surface area contributed by atoms with Crippen molar-refractivity contribution in [2.45, 2.75) is 0 Å². The monoisotopic (exact) mass is 318 g/mol. The zero-order chi connectivity index (χ0) is 10.6. The van der Waals surface area contributed by atoms with E-state index in [9.17, 15) is 4.79 Å². The molecule has 0 aliphatic heterocycles. The predicted molar refractivity (Wildman–Crippen MR) is 63.6 cm³/mol. The SMILES string of the molecule is COC(=C(Br)Br)c1ccccc1C=O. The van der Waals surface area contributed by atoms with Crippen molar-refractivity contribution in [3.05, 3.63) is 38.8 Å². The fraction of sp³-hybridized carbons (Fsp3) is 0.100. The Kier molecular flexibility index (Phi) is 4.35. The van der Waals surface area contributed by atoms with Gasteiger partial charge < -0.3 is 4.74 Å². The third kappa shape index (κ3) is 2.45. The van der Waals surface area contributed by atoms with Gasteiger partial charge in [0.1, 0.15) is 9.15 Å². The van der Waals surface area contributed by atoms with Gasteiger partial charge in [-0.25, -0.2) is 0 Å². The average molecular weight is 320 g/mol. The molecule has 4 heteroatoms. The predicted octanol–water partition coefficient (Wildman–Crippen LogP) is 3.56. The number of ether oxygens (including phenoxy) is 1. The highest BCUT2D eigenvalue weighted by atomic mass is 79.9. The van der Waals surface area contributed by atoms with Crippen LogP contribution in [0.4, 0.5) is 0 Å². The maximum atomic E-state index is 10.8. The van der Waals surface area contributed by atoms with Gasteiger partial charge in [-0.3, -0.25) is 4.79 Å². The molecule has 0 spiro atoms. The van der Waals surface area contributed by atoms with E-state index in [0.29, 0.717) is 14.7 Å². The van der Waals surface area contributed by atoms with Gasteiger partial charge in [-0.1, -0.05) is 24.3 Å². The van der Waals surface area contributed by atoms with Crippen LogP contribution in [0.1, 0.15) is 15.9 Å². The van der Waals surface area contributed by atoms with Gasteiger partial charge in [0.2, 0.25) is 0 Å². The quantitative estimate of drug-likeness (QED) is 0.629. The number of carbonyl (C=O) groups excluding carboxylic acids is 1. The largest absolute Gasteiger partial charge is 0.494 e. The Hall–Kier alpha value is -0.610. The average Bonchev–Trinajstić information content (AvgIpc) is 2.19. The van der Waals surface area contributed by atoms with Gasteiger partial charge >= 0.3 is 0 Å². The number of hydrogen-bond acceptors (Lipinski definition) is 2. The number of hydrogen-bond donors (Lipinski definition) is 0. The Morgan fingerprint density at radius 3 is 2.50 bits per heavy atom. The lowest BCUT2D eigenvalue weighted by Crippen LogP contribution is -1.94. The van der Waals surface area contributed by atoms with E-state index in [2.05, 4.69) is 31.9 Å². The molecule has 0 atom stereocenters. The van der Waals surface area contributed by atoms with Crippen LogP contribution >= 0.6 is 31.9 Å². The van der Waals surface area contributed by atoms with Crippen LogP contribution in [0.15, 0.2) is 27.7 Å². The zero-order valence-electron chi connectivity index (χ0n) is 7.46. The van der Waals surface area contributed by atoms with E-state index in [1.54, 1.807) is 13.2 Å². The summed E-state index contributed by atoms with van der Waals surface area (Å²) in [6.45, 7) is 0. The molecule has 0 aromatic heterocycles. The first-order valence-corrected chi connectivity index (χ1v) is 5.43. The molecular formula is C10H8Br2O2. The summed E-state index contributed by atoms with van der Waals surface area (Å²) >= 11 is 6.51. The van der Waals surface area contributed by atoms with Gasteiger partial charge in [0.05, 0.1) is 7.11 Å². The fourth-order valence-electron chi connectivity index (χ4n) is 1.10.